The molecule has 0 heterocycles. The molecule has 10 aromatic rings. The highest BCUT2D eigenvalue weighted by Crippen LogP contribution is 2.42. The minimum Gasteiger partial charge on any atom is -0.310 e. The largest absolute Gasteiger partial charge is 0.310 e. The topological polar surface area (TPSA) is 3.24 Å². The smallest absolute Gasteiger partial charge is 0.0540 e. The van der Waals surface area contributed by atoms with Gasteiger partial charge in [0.1, 0.15) is 0 Å². The summed E-state index contributed by atoms with van der Waals surface area (Å²) in [6.45, 7) is 2.41. The molecule has 0 N–H and O–H groups in total. The molecule has 0 fully saturated rings. The van der Waals surface area contributed by atoms with Crippen LogP contribution in [0.1, 0.15) is 35.4 Å². The van der Waals surface area contributed by atoms with Crippen LogP contribution in [0, 0.1) is 0 Å². The molecule has 0 aliphatic carbocycles. The second kappa shape index (κ2) is 14.9. The molecule has 0 saturated carbocycles. The molecule has 0 bridgehead atoms. The number of benzene rings is 10. The van der Waals surface area contributed by atoms with Crippen LogP contribution in [0.4, 0.5) is 17.1 Å². The lowest BCUT2D eigenvalue weighted by Gasteiger charge is -2.27. The van der Waals surface area contributed by atoms with Crippen LogP contribution >= 0.6 is 0 Å². The first-order valence-electron chi connectivity index (χ1n) is 20.1. The van der Waals surface area contributed by atoms with Crippen molar-refractivity contribution in [1.29, 1.82) is 0 Å². The molecule has 0 aliphatic rings. The Balaban J connectivity index is 0.983. The number of nitrogens with zero attached hydrogens (tertiary/aromatic N) is 1. The fraction of sp³-hybridized carbons (Fsp3) is 0.0714. The number of hydrogen-bond donors (Lipinski definition) is 0. The van der Waals surface area contributed by atoms with Gasteiger partial charge in [0.25, 0.3) is 0 Å². The lowest BCUT2D eigenvalue weighted by Crippen LogP contribution is -2.12. The van der Waals surface area contributed by atoms with Crippen LogP contribution in [0.3, 0.4) is 0 Å². The van der Waals surface area contributed by atoms with Gasteiger partial charge in [-0.05, 0) is 114 Å². The van der Waals surface area contributed by atoms with Crippen molar-refractivity contribution in [3.8, 4) is 11.1 Å². The van der Waals surface area contributed by atoms with Gasteiger partial charge in [0.15, 0.2) is 0 Å². The third-order valence-electron chi connectivity index (χ3n) is 12.0. The first kappa shape index (κ1) is 34.5. The lowest BCUT2D eigenvalue weighted by atomic mass is 9.77. The molecular weight excluding hydrogens is 687 g/mol. The summed E-state index contributed by atoms with van der Waals surface area (Å²) in [5, 5.41) is 10.1. The predicted octanol–water partition coefficient (Wildman–Crippen LogP) is 15.6. The van der Waals surface area contributed by atoms with Crippen LogP contribution in [0.5, 0.6) is 0 Å². The van der Waals surface area contributed by atoms with Crippen molar-refractivity contribution in [3.05, 3.63) is 235 Å². The third-order valence-corrected chi connectivity index (χ3v) is 12.0. The zero-order valence-electron chi connectivity index (χ0n) is 32.1. The maximum Gasteiger partial charge on any atom is 0.0540 e. The molecule has 10 aromatic carbocycles. The minimum absolute atomic E-state index is 0.301. The minimum atomic E-state index is 0.301. The number of hydrogen-bond acceptors (Lipinski definition) is 1. The molecular formula is C56H43N. The Labute approximate surface area is 335 Å². The second-order valence-electron chi connectivity index (χ2n) is 15.4. The Bertz CT molecular complexity index is 3000. The molecule has 0 aliphatic heterocycles. The summed E-state index contributed by atoms with van der Waals surface area (Å²) in [5.41, 5.74) is 9.99. The average Bonchev–Trinajstić information content (AvgIpc) is 3.28. The molecule has 1 nitrogen and oxygen atoms in total. The molecule has 0 aromatic heterocycles. The SMILES string of the molecule is CC(c1ccc(-c2ccc(N(c3ccc4ccccc4c3)c3cccc4ccccc34)cc2)cc1)C(Cc1ccc2ccccc2c1)c1cccc2ccccc12. The van der Waals surface area contributed by atoms with E-state index in [0.29, 0.717) is 11.8 Å². The van der Waals surface area contributed by atoms with Crippen molar-refractivity contribution in [1.82, 2.24) is 0 Å². The highest BCUT2D eigenvalue weighted by molar-refractivity contribution is 6.00. The normalized spacial score (nSPS) is 12.6. The highest BCUT2D eigenvalue weighted by Gasteiger charge is 2.24. The summed E-state index contributed by atoms with van der Waals surface area (Å²) in [5.74, 6) is 0.604. The van der Waals surface area contributed by atoms with E-state index in [0.717, 1.165) is 17.8 Å². The first-order chi connectivity index (χ1) is 28.2. The summed E-state index contributed by atoms with van der Waals surface area (Å²) < 4.78 is 0. The standard InChI is InChI=1S/C56H43N/c1-39(55(54-22-10-18-46-14-6-8-20-52(46)54)37-40-24-25-42-12-2-4-16-48(42)36-40)41-26-28-44(29-27-41)45-30-33-50(34-31-45)57(51-35-32-43-13-3-5-17-49(43)38-51)56-23-11-19-47-15-7-9-21-53(47)56/h2-36,38-39,55H,37H2,1H3. The first-order valence-corrected chi connectivity index (χ1v) is 20.1. The van der Waals surface area contributed by atoms with E-state index in [1.807, 2.05) is 0 Å². The van der Waals surface area contributed by atoms with E-state index in [1.54, 1.807) is 0 Å². The summed E-state index contributed by atoms with van der Waals surface area (Å²) in [4.78, 5) is 2.40. The summed E-state index contributed by atoms with van der Waals surface area (Å²) in [6.07, 6.45) is 0.966. The van der Waals surface area contributed by atoms with Crippen LogP contribution in [0.25, 0.3) is 54.2 Å². The fourth-order valence-corrected chi connectivity index (χ4v) is 8.91. The molecule has 0 amide bonds. The quantitative estimate of drug-likeness (QED) is 0.143. The van der Waals surface area contributed by atoms with Gasteiger partial charge in [-0.1, -0.05) is 195 Å². The zero-order chi connectivity index (χ0) is 38.1. The molecule has 272 valence electrons. The third kappa shape index (κ3) is 6.72. The van der Waals surface area contributed by atoms with E-state index in [1.165, 1.54) is 76.6 Å². The van der Waals surface area contributed by atoms with Gasteiger partial charge in [-0.2, -0.15) is 0 Å². The van der Waals surface area contributed by atoms with E-state index >= 15 is 0 Å². The molecule has 0 saturated heterocycles. The highest BCUT2D eigenvalue weighted by atomic mass is 15.1. The summed E-state index contributed by atoms with van der Waals surface area (Å²) >= 11 is 0. The fourth-order valence-electron chi connectivity index (χ4n) is 8.91. The van der Waals surface area contributed by atoms with Crippen molar-refractivity contribution >= 4 is 60.2 Å². The van der Waals surface area contributed by atoms with Crippen molar-refractivity contribution < 1.29 is 0 Å². The number of rotatable bonds is 9. The van der Waals surface area contributed by atoms with Gasteiger partial charge in [0.05, 0.1) is 5.69 Å². The molecule has 0 spiro atoms. The summed E-state index contributed by atoms with van der Waals surface area (Å²) in [6, 6.07) is 80.3. The molecule has 57 heavy (non-hydrogen) atoms. The molecule has 10 rings (SSSR count). The van der Waals surface area contributed by atoms with Gasteiger partial charge in [-0.15, -0.1) is 0 Å². The van der Waals surface area contributed by atoms with Crippen LogP contribution in [0.15, 0.2) is 218 Å². The van der Waals surface area contributed by atoms with Crippen LogP contribution in [-0.4, -0.2) is 0 Å². The Morgan fingerprint density at radius 2 is 0.895 bits per heavy atom. The molecule has 2 atom stereocenters. The summed E-state index contributed by atoms with van der Waals surface area (Å²) in [7, 11) is 0. The molecule has 2 unspecified atom stereocenters. The maximum absolute atomic E-state index is 2.41. The Hall–Kier alpha value is -6.96. The van der Waals surface area contributed by atoms with Crippen molar-refractivity contribution in [2.75, 3.05) is 4.90 Å². The van der Waals surface area contributed by atoms with Gasteiger partial charge >= 0.3 is 0 Å². The molecule has 0 radical (unpaired) electrons. The van der Waals surface area contributed by atoms with E-state index in [-0.39, 0.29) is 0 Å². The van der Waals surface area contributed by atoms with Crippen molar-refractivity contribution in [3.63, 3.8) is 0 Å². The predicted molar refractivity (Wildman–Crippen MR) is 244 cm³/mol. The van der Waals surface area contributed by atoms with Gasteiger partial charge in [0.2, 0.25) is 0 Å². The van der Waals surface area contributed by atoms with Gasteiger partial charge in [-0.3, -0.25) is 0 Å². The average molecular weight is 730 g/mol. The maximum atomic E-state index is 2.41. The van der Waals surface area contributed by atoms with Gasteiger partial charge in [0, 0.05) is 16.8 Å². The molecule has 1 heteroatoms. The van der Waals surface area contributed by atoms with Gasteiger partial charge in [-0.25, -0.2) is 0 Å². The monoisotopic (exact) mass is 729 g/mol. The van der Waals surface area contributed by atoms with Crippen LogP contribution < -0.4 is 4.90 Å². The van der Waals surface area contributed by atoms with Gasteiger partial charge < -0.3 is 4.90 Å². The van der Waals surface area contributed by atoms with Crippen LogP contribution in [0.2, 0.25) is 0 Å². The Kier molecular flexibility index (Phi) is 9.05. The number of anilines is 3. The second-order valence-corrected chi connectivity index (χ2v) is 15.4. The van der Waals surface area contributed by atoms with Crippen LogP contribution in [-0.2, 0) is 6.42 Å². The van der Waals surface area contributed by atoms with E-state index in [4.69, 9.17) is 0 Å². The van der Waals surface area contributed by atoms with E-state index < -0.39 is 0 Å². The zero-order valence-corrected chi connectivity index (χ0v) is 32.1. The Morgan fingerprint density at radius 3 is 1.60 bits per heavy atom. The van der Waals surface area contributed by atoms with Crippen molar-refractivity contribution in [2.45, 2.75) is 25.2 Å². The lowest BCUT2D eigenvalue weighted by molar-refractivity contribution is 0.576. The van der Waals surface area contributed by atoms with Crippen molar-refractivity contribution in [2.24, 2.45) is 0 Å². The van der Waals surface area contributed by atoms with E-state index in [9.17, 15) is 0 Å². The van der Waals surface area contributed by atoms with E-state index in [2.05, 4.69) is 230 Å². The Morgan fingerprint density at radius 1 is 0.386 bits per heavy atom. The number of fused-ring (bicyclic) bond motifs is 4.